The van der Waals surface area contributed by atoms with Crippen LogP contribution in [0.3, 0.4) is 0 Å². The zero-order valence-electron chi connectivity index (χ0n) is 11.1. The molecule has 1 fully saturated rings. The number of nitrogens with zero attached hydrogens (tertiary/aromatic N) is 1. The van der Waals surface area contributed by atoms with Crippen LogP contribution in [0.1, 0.15) is 52.9 Å². The Labute approximate surface area is 98.9 Å². The molecular weight excluding hydrogens is 202 g/mol. The Morgan fingerprint density at radius 1 is 1.07 bits per heavy atom. The van der Waals surface area contributed by atoms with Crippen molar-refractivity contribution in [3.05, 3.63) is 0 Å². The fourth-order valence-electron chi connectivity index (χ4n) is 2.19. The van der Waals surface area contributed by atoms with Crippen molar-refractivity contribution in [2.24, 2.45) is 0 Å². The molecule has 0 aromatic carbocycles. The first kappa shape index (κ1) is 15.1. The van der Waals surface area contributed by atoms with Crippen LogP contribution in [0.25, 0.3) is 0 Å². The molecule has 0 unspecified atom stereocenters. The number of rotatable bonds is 4. The van der Waals surface area contributed by atoms with Gasteiger partial charge in [0.1, 0.15) is 10.5 Å². The van der Waals surface area contributed by atoms with Crippen molar-refractivity contribution in [3.63, 3.8) is 0 Å². The molecule has 92 valence electrons. The Morgan fingerprint density at radius 2 is 1.53 bits per heavy atom. The van der Waals surface area contributed by atoms with Crippen LogP contribution >= 0.6 is 0 Å². The van der Waals surface area contributed by atoms with E-state index in [0.29, 0.717) is 0 Å². The molecule has 1 saturated carbocycles. The molecule has 0 heterocycles. The first-order valence-corrected chi connectivity index (χ1v) is 7.34. The highest BCUT2D eigenvalue weighted by Crippen LogP contribution is 2.21. The Bertz CT molecular complexity index is 121. The van der Waals surface area contributed by atoms with Gasteiger partial charge in [0.15, 0.2) is 0 Å². The molecule has 0 aromatic rings. The van der Waals surface area contributed by atoms with E-state index in [1.54, 1.807) is 0 Å². The third-order valence-corrected chi connectivity index (χ3v) is 3.77. The fourth-order valence-corrected chi connectivity index (χ4v) is 2.19. The standard InChI is InChI=1S/C10H21N.C2H8OSi/c1-3-11(4-2)10-8-6-5-7-9-10;1-2-3-4/h10H,3-9H2,1-2H3;2H2,1,4H3. The third kappa shape index (κ3) is 7.09. The Hall–Kier alpha value is 0.137. The number of hydrogen-bond donors (Lipinski definition) is 0. The van der Waals surface area contributed by atoms with Crippen LogP contribution in [0.5, 0.6) is 0 Å². The second kappa shape index (κ2) is 10.6. The molecule has 1 rings (SSSR count). The van der Waals surface area contributed by atoms with Gasteiger partial charge in [-0.3, -0.25) is 0 Å². The van der Waals surface area contributed by atoms with E-state index in [9.17, 15) is 0 Å². The summed E-state index contributed by atoms with van der Waals surface area (Å²) in [5.74, 6) is 0. The molecule has 0 bridgehead atoms. The van der Waals surface area contributed by atoms with E-state index in [0.717, 1.165) is 23.1 Å². The summed E-state index contributed by atoms with van der Waals surface area (Å²) in [6, 6.07) is 0.916. The lowest BCUT2D eigenvalue weighted by molar-refractivity contribution is 0.172. The minimum Gasteiger partial charge on any atom is -0.428 e. The Balaban J connectivity index is 0.000000423. The molecule has 0 spiro atoms. The molecule has 3 heteroatoms. The van der Waals surface area contributed by atoms with E-state index in [2.05, 4.69) is 23.2 Å². The SMILES string of the molecule is CCN(CC)C1CCCCC1.CCO[SiH3]. The molecule has 2 nitrogen and oxygen atoms in total. The maximum absolute atomic E-state index is 4.68. The van der Waals surface area contributed by atoms with Gasteiger partial charge in [-0.05, 0) is 32.9 Å². The van der Waals surface area contributed by atoms with Gasteiger partial charge in [0.2, 0.25) is 0 Å². The molecule has 1 aliphatic rings. The minimum atomic E-state index is 0.881. The maximum Gasteiger partial charge on any atom is 0.145 e. The lowest BCUT2D eigenvalue weighted by atomic mass is 9.94. The quantitative estimate of drug-likeness (QED) is 0.686. The van der Waals surface area contributed by atoms with Crippen LogP contribution in [0.2, 0.25) is 0 Å². The van der Waals surface area contributed by atoms with Gasteiger partial charge in [0.25, 0.3) is 0 Å². The molecule has 0 saturated heterocycles. The molecule has 1 aliphatic carbocycles. The summed E-state index contributed by atoms with van der Waals surface area (Å²) in [7, 11) is 0.890. The van der Waals surface area contributed by atoms with Crippen molar-refractivity contribution >= 4 is 10.5 Å². The van der Waals surface area contributed by atoms with Gasteiger partial charge in [-0.2, -0.15) is 0 Å². The smallest absolute Gasteiger partial charge is 0.145 e. The van der Waals surface area contributed by atoms with Gasteiger partial charge in [0, 0.05) is 12.6 Å². The zero-order chi connectivity index (χ0) is 11.5. The first-order chi connectivity index (χ1) is 7.29. The molecule has 0 atom stereocenters. The third-order valence-electron chi connectivity index (χ3n) is 3.19. The summed E-state index contributed by atoms with van der Waals surface area (Å²) >= 11 is 0. The topological polar surface area (TPSA) is 12.5 Å². The molecular formula is C12H29NOSi. The highest BCUT2D eigenvalue weighted by Gasteiger charge is 2.17. The van der Waals surface area contributed by atoms with Gasteiger partial charge in [-0.15, -0.1) is 0 Å². The van der Waals surface area contributed by atoms with Gasteiger partial charge < -0.3 is 9.33 Å². The van der Waals surface area contributed by atoms with E-state index < -0.39 is 0 Å². The summed E-state index contributed by atoms with van der Waals surface area (Å²) < 4.78 is 4.68. The maximum atomic E-state index is 4.68. The van der Waals surface area contributed by atoms with Crippen molar-refractivity contribution in [2.75, 3.05) is 19.7 Å². The van der Waals surface area contributed by atoms with Crippen LogP contribution in [0, 0.1) is 0 Å². The molecule has 0 aromatic heterocycles. The lowest BCUT2D eigenvalue weighted by Crippen LogP contribution is -2.36. The van der Waals surface area contributed by atoms with Crippen molar-refractivity contribution in [3.8, 4) is 0 Å². The van der Waals surface area contributed by atoms with Crippen LogP contribution < -0.4 is 0 Å². The molecule has 15 heavy (non-hydrogen) atoms. The zero-order valence-corrected chi connectivity index (χ0v) is 13.1. The summed E-state index contributed by atoms with van der Waals surface area (Å²) in [6.45, 7) is 9.90. The summed E-state index contributed by atoms with van der Waals surface area (Å²) in [4.78, 5) is 2.61. The van der Waals surface area contributed by atoms with E-state index >= 15 is 0 Å². The van der Waals surface area contributed by atoms with Crippen molar-refractivity contribution in [2.45, 2.75) is 58.9 Å². The van der Waals surface area contributed by atoms with Crippen molar-refractivity contribution in [1.29, 1.82) is 0 Å². The lowest BCUT2D eigenvalue weighted by Gasteiger charge is -2.32. The van der Waals surface area contributed by atoms with Crippen LogP contribution in [-0.2, 0) is 4.43 Å². The predicted octanol–water partition coefficient (Wildman–Crippen LogP) is 1.96. The van der Waals surface area contributed by atoms with Gasteiger partial charge in [-0.25, -0.2) is 0 Å². The van der Waals surface area contributed by atoms with Crippen molar-refractivity contribution in [1.82, 2.24) is 4.90 Å². The fraction of sp³-hybridized carbons (Fsp3) is 1.00. The average molecular weight is 231 g/mol. The Morgan fingerprint density at radius 3 is 1.87 bits per heavy atom. The van der Waals surface area contributed by atoms with Crippen LogP contribution in [0.15, 0.2) is 0 Å². The van der Waals surface area contributed by atoms with E-state index in [1.165, 1.54) is 45.2 Å². The van der Waals surface area contributed by atoms with E-state index in [1.807, 2.05) is 6.92 Å². The van der Waals surface area contributed by atoms with Crippen molar-refractivity contribution < 1.29 is 4.43 Å². The minimum absolute atomic E-state index is 0.881. The van der Waals surface area contributed by atoms with Crippen LogP contribution in [-0.4, -0.2) is 41.1 Å². The Kier molecular flexibility index (Phi) is 10.7. The first-order valence-electron chi connectivity index (χ1n) is 6.53. The predicted molar refractivity (Wildman–Crippen MR) is 71.4 cm³/mol. The number of hydrogen-bond acceptors (Lipinski definition) is 2. The highest BCUT2D eigenvalue weighted by molar-refractivity contribution is 5.97. The highest BCUT2D eigenvalue weighted by atomic mass is 28.2. The average Bonchev–Trinajstić information content (AvgIpc) is 2.32. The van der Waals surface area contributed by atoms with Crippen LogP contribution in [0.4, 0.5) is 0 Å². The molecule has 0 amide bonds. The second-order valence-corrected chi connectivity index (χ2v) is 4.67. The molecule has 0 radical (unpaired) electrons. The largest absolute Gasteiger partial charge is 0.428 e. The summed E-state index contributed by atoms with van der Waals surface area (Å²) in [6.07, 6.45) is 7.28. The molecule has 0 N–H and O–H groups in total. The summed E-state index contributed by atoms with van der Waals surface area (Å²) in [5, 5.41) is 0. The van der Waals surface area contributed by atoms with E-state index in [4.69, 9.17) is 0 Å². The molecule has 0 aliphatic heterocycles. The van der Waals surface area contributed by atoms with Gasteiger partial charge in [0.05, 0.1) is 0 Å². The normalized spacial score (nSPS) is 17.6. The monoisotopic (exact) mass is 231 g/mol. The van der Waals surface area contributed by atoms with Gasteiger partial charge >= 0.3 is 0 Å². The van der Waals surface area contributed by atoms with Gasteiger partial charge in [-0.1, -0.05) is 33.1 Å². The van der Waals surface area contributed by atoms with E-state index in [-0.39, 0.29) is 0 Å². The summed E-state index contributed by atoms with van der Waals surface area (Å²) in [5.41, 5.74) is 0. The second-order valence-electron chi connectivity index (χ2n) is 4.09.